The van der Waals surface area contributed by atoms with Crippen molar-refractivity contribution in [1.82, 2.24) is 13.5 Å². The molecule has 5 nitrogen and oxygen atoms in total. The van der Waals surface area contributed by atoms with Gasteiger partial charge in [-0.25, -0.2) is 9.37 Å². The van der Waals surface area contributed by atoms with Gasteiger partial charge in [-0.1, -0.05) is 36.5 Å². The van der Waals surface area contributed by atoms with Crippen LogP contribution >= 0.6 is 36.2 Å². The minimum Gasteiger partial charge on any atom is -0.369 e. The lowest BCUT2D eigenvalue weighted by molar-refractivity contribution is 0.597. The zero-order chi connectivity index (χ0) is 22.2. The molecule has 0 N–H and O–H groups in total. The van der Waals surface area contributed by atoms with Gasteiger partial charge in [0.15, 0.2) is 5.65 Å². The van der Waals surface area contributed by atoms with Crippen molar-refractivity contribution < 1.29 is 4.39 Å². The molecule has 1 aliphatic heterocycles. The van der Waals surface area contributed by atoms with Crippen LogP contribution in [0.5, 0.6) is 0 Å². The van der Waals surface area contributed by atoms with Crippen molar-refractivity contribution >= 4 is 52.9 Å². The van der Waals surface area contributed by atoms with E-state index in [4.69, 9.17) is 11.6 Å². The van der Waals surface area contributed by atoms with Gasteiger partial charge in [-0.05, 0) is 23.8 Å². The van der Waals surface area contributed by atoms with E-state index in [9.17, 15) is 9.18 Å². The molecule has 4 aromatic rings. The van der Waals surface area contributed by atoms with Crippen LogP contribution in [0, 0.1) is 5.82 Å². The molecule has 0 amide bonds. The molecule has 0 saturated carbocycles. The lowest BCUT2D eigenvalue weighted by Crippen LogP contribution is -2.32. The van der Waals surface area contributed by atoms with Gasteiger partial charge >= 0.3 is 0 Å². The molecule has 32 heavy (non-hydrogen) atoms. The smallest absolute Gasteiger partial charge is 0.251 e. The minimum absolute atomic E-state index is 0.0457. The summed E-state index contributed by atoms with van der Waals surface area (Å²) in [6.45, 7) is 2.09. The Bertz CT molecular complexity index is 1360. The van der Waals surface area contributed by atoms with Gasteiger partial charge in [0.2, 0.25) is 0 Å². The van der Waals surface area contributed by atoms with Crippen LogP contribution in [0.1, 0.15) is 5.56 Å². The van der Waals surface area contributed by atoms with Crippen LogP contribution in [0.2, 0.25) is 5.02 Å². The highest BCUT2D eigenvalue weighted by Crippen LogP contribution is 2.32. The summed E-state index contributed by atoms with van der Waals surface area (Å²) in [4.78, 5) is 19.8. The molecule has 0 atom stereocenters. The van der Waals surface area contributed by atoms with Gasteiger partial charge in [0, 0.05) is 59.6 Å². The standard InChI is InChI=1S/C23H20ClFN4OS2/c24-20-3-1-2-16(22(20)25)13-28-5-4-15(10-21(28)30)19-14-29(31)23-18(19)11-17(12-26-23)27-6-8-32-9-7-27/h1-5,10-12,14,31H,6-9,13H2. The summed E-state index contributed by atoms with van der Waals surface area (Å²) in [7, 11) is 0. The Kier molecular flexibility index (Phi) is 5.92. The number of aromatic nitrogens is 3. The lowest BCUT2D eigenvalue weighted by Gasteiger charge is -2.28. The first kappa shape index (κ1) is 21.4. The number of nitrogens with zero attached hydrogens (tertiary/aromatic N) is 4. The number of benzene rings is 1. The van der Waals surface area contributed by atoms with Crippen molar-refractivity contribution in [2.45, 2.75) is 6.54 Å². The number of thioether (sulfide) groups is 1. The monoisotopic (exact) mass is 486 g/mol. The maximum atomic E-state index is 14.3. The molecule has 1 fully saturated rings. The molecule has 164 valence electrons. The molecule has 5 rings (SSSR count). The van der Waals surface area contributed by atoms with Crippen molar-refractivity contribution in [2.24, 2.45) is 0 Å². The van der Waals surface area contributed by atoms with Crippen LogP contribution in [0.25, 0.3) is 22.2 Å². The molecule has 1 aliphatic rings. The van der Waals surface area contributed by atoms with Gasteiger partial charge in [0.05, 0.1) is 23.5 Å². The number of thiol groups is 1. The molecule has 0 bridgehead atoms. The second kappa shape index (κ2) is 8.84. The van der Waals surface area contributed by atoms with Gasteiger partial charge in [0.1, 0.15) is 5.82 Å². The molecule has 9 heteroatoms. The summed E-state index contributed by atoms with van der Waals surface area (Å²) in [5.74, 6) is 1.70. The Morgan fingerprint density at radius 1 is 1.19 bits per heavy atom. The average Bonchev–Trinajstić information content (AvgIpc) is 3.14. The zero-order valence-corrected chi connectivity index (χ0v) is 19.5. The Morgan fingerprint density at radius 3 is 2.78 bits per heavy atom. The van der Waals surface area contributed by atoms with Crippen LogP contribution in [-0.4, -0.2) is 38.1 Å². The molecule has 0 spiro atoms. The summed E-state index contributed by atoms with van der Waals surface area (Å²) in [5.41, 5.74) is 3.61. The van der Waals surface area contributed by atoms with E-state index in [0.717, 1.165) is 52.4 Å². The van der Waals surface area contributed by atoms with E-state index in [1.165, 1.54) is 10.6 Å². The fourth-order valence-corrected chi connectivity index (χ4v) is 5.34. The van der Waals surface area contributed by atoms with Crippen molar-refractivity contribution in [3.05, 3.63) is 81.7 Å². The topological polar surface area (TPSA) is 43.1 Å². The second-order valence-corrected chi connectivity index (χ2v) is 9.71. The van der Waals surface area contributed by atoms with Crippen LogP contribution in [0.4, 0.5) is 10.1 Å². The Balaban J connectivity index is 1.51. The van der Waals surface area contributed by atoms with Gasteiger partial charge in [-0.2, -0.15) is 11.8 Å². The van der Waals surface area contributed by atoms with E-state index in [-0.39, 0.29) is 17.1 Å². The third-order valence-corrected chi connectivity index (χ3v) is 7.21. The summed E-state index contributed by atoms with van der Waals surface area (Å²) in [6.07, 6.45) is 5.43. The van der Waals surface area contributed by atoms with E-state index >= 15 is 0 Å². The SMILES string of the molecule is O=c1cc(-c2cn(S)c3ncc(N4CCSCC4)cc23)ccn1Cc1cccc(Cl)c1F. The summed E-state index contributed by atoms with van der Waals surface area (Å²) in [5, 5.41) is 0.984. The van der Waals surface area contributed by atoms with E-state index in [0.29, 0.717) is 5.56 Å². The van der Waals surface area contributed by atoms with Crippen LogP contribution in [0.3, 0.4) is 0 Å². The predicted molar refractivity (Wildman–Crippen MR) is 134 cm³/mol. The number of hydrogen-bond acceptors (Lipinski definition) is 5. The fourth-order valence-electron chi connectivity index (χ4n) is 3.96. The highest BCUT2D eigenvalue weighted by molar-refractivity contribution is 7.99. The summed E-state index contributed by atoms with van der Waals surface area (Å²) < 4.78 is 17.4. The van der Waals surface area contributed by atoms with E-state index < -0.39 is 5.82 Å². The largest absolute Gasteiger partial charge is 0.369 e. The molecule has 1 saturated heterocycles. The molecule has 1 aromatic carbocycles. The molecular weight excluding hydrogens is 467 g/mol. The second-order valence-electron chi connectivity index (χ2n) is 7.65. The average molecular weight is 487 g/mol. The Morgan fingerprint density at radius 2 is 2.00 bits per heavy atom. The highest BCUT2D eigenvalue weighted by Gasteiger charge is 2.17. The maximum absolute atomic E-state index is 14.3. The van der Waals surface area contributed by atoms with Crippen molar-refractivity contribution in [1.29, 1.82) is 0 Å². The quantitative estimate of drug-likeness (QED) is 0.414. The molecule has 3 aromatic heterocycles. The first-order chi connectivity index (χ1) is 15.5. The van der Waals surface area contributed by atoms with Gasteiger partial charge in [0.25, 0.3) is 5.56 Å². The van der Waals surface area contributed by atoms with Gasteiger partial charge < -0.3 is 9.47 Å². The number of halogens is 2. The highest BCUT2D eigenvalue weighted by atomic mass is 35.5. The van der Waals surface area contributed by atoms with Crippen LogP contribution in [-0.2, 0) is 6.54 Å². The van der Waals surface area contributed by atoms with Crippen LogP contribution < -0.4 is 10.5 Å². The normalized spacial score (nSPS) is 14.3. The molecule has 0 radical (unpaired) electrons. The molecule has 0 unspecified atom stereocenters. The molecule has 4 heterocycles. The van der Waals surface area contributed by atoms with Crippen molar-refractivity contribution in [3.63, 3.8) is 0 Å². The van der Waals surface area contributed by atoms with Gasteiger partial charge in [-0.3, -0.25) is 8.77 Å². The Labute approximate surface area is 199 Å². The lowest BCUT2D eigenvalue weighted by atomic mass is 10.1. The van der Waals surface area contributed by atoms with Gasteiger partial charge in [-0.15, -0.1) is 0 Å². The molecular formula is C23H20ClFN4OS2. The van der Waals surface area contributed by atoms with E-state index in [1.807, 2.05) is 30.2 Å². The van der Waals surface area contributed by atoms with E-state index in [2.05, 4.69) is 28.8 Å². The maximum Gasteiger partial charge on any atom is 0.251 e. The van der Waals surface area contributed by atoms with E-state index in [1.54, 1.807) is 28.4 Å². The summed E-state index contributed by atoms with van der Waals surface area (Å²) >= 11 is 12.3. The Hall–Kier alpha value is -2.42. The minimum atomic E-state index is -0.502. The summed E-state index contributed by atoms with van der Waals surface area (Å²) in [6, 6.07) is 10.3. The predicted octanol–water partition coefficient (Wildman–Crippen LogP) is 4.95. The number of rotatable bonds is 4. The number of hydrogen-bond donors (Lipinski definition) is 1. The first-order valence-electron chi connectivity index (χ1n) is 10.2. The number of pyridine rings is 2. The zero-order valence-electron chi connectivity index (χ0n) is 17.0. The van der Waals surface area contributed by atoms with Crippen molar-refractivity contribution in [2.75, 3.05) is 29.5 Å². The fraction of sp³-hybridized carbons (Fsp3) is 0.217. The van der Waals surface area contributed by atoms with Crippen molar-refractivity contribution in [3.8, 4) is 11.1 Å². The third kappa shape index (κ3) is 4.02. The number of fused-ring (bicyclic) bond motifs is 1. The van der Waals surface area contributed by atoms with Crippen LogP contribution in [0.15, 0.2) is 59.8 Å². The third-order valence-electron chi connectivity index (χ3n) is 5.67. The number of anilines is 1. The molecule has 0 aliphatic carbocycles. The first-order valence-corrected chi connectivity index (χ1v) is 12.1.